The van der Waals surface area contributed by atoms with Gasteiger partial charge in [-0.3, -0.25) is 9.59 Å². The molecule has 1 aromatic carbocycles. The number of carbonyl (C=O) groups excluding carboxylic acids is 2. The van der Waals surface area contributed by atoms with Gasteiger partial charge in [-0.2, -0.15) is 0 Å². The number of hydrogen-bond donors (Lipinski definition) is 2. The Morgan fingerprint density at radius 3 is 2.69 bits per heavy atom. The number of rotatable bonds is 5. The second kappa shape index (κ2) is 7.67. The van der Waals surface area contributed by atoms with Crippen molar-refractivity contribution in [1.82, 2.24) is 19.9 Å². The molecule has 3 aromatic rings. The SMILES string of the molecule is CC(OC(=O)Cc1c(Cl)cccc1Cl)C(=O)Nc1ncnc2nc[nH]c12. The number of halogens is 2. The van der Waals surface area contributed by atoms with Crippen LogP contribution in [-0.4, -0.2) is 37.9 Å². The van der Waals surface area contributed by atoms with E-state index >= 15 is 0 Å². The van der Waals surface area contributed by atoms with Gasteiger partial charge in [0.05, 0.1) is 12.7 Å². The summed E-state index contributed by atoms with van der Waals surface area (Å²) in [5.41, 5.74) is 1.33. The molecule has 2 aromatic heterocycles. The van der Waals surface area contributed by atoms with E-state index in [1.807, 2.05) is 0 Å². The number of benzene rings is 1. The first kappa shape index (κ1) is 18.1. The van der Waals surface area contributed by atoms with Gasteiger partial charge in [0.2, 0.25) is 0 Å². The van der Waals surface area contributed by atoms with Crippen molar-refractivity contribution in [2.45, 2.75) is 19.4 Å². The number of nitrogens with zero attached hydrogens (tertiary/aromatic N) is 3. The van der Waals surface area contributed by atoms with Gasteiger partial charge in [-0.15, -0.1) is 0 Å². The van der Waals surface area contributed by atoms with Gasteiger partial charge in [0.1, 0.15) is 11.8 Å². The maximum Gasteiger partial charge on any atom is 0.311 e. The van der Waals surface area contributed by atoms with Crippen molar-refractivity contribution in [2.24, 2.45) is 0 Å². The lowest BCUT2D eigenvalue weighted by Crippen LogP contribution is -2.31. The smallest absolute Gasteiger partial charge is 0.311 e. The molecule has 2 N–H and O–H groups in total. The molecule has 2 heterocycles. The van der Waals surface area contributed by atoms with E-state index in [1.165, 1.54) is 19.6 Å². The molecule has 0 saturated carbocycles. The highest BCUT2D eigenvalue weighted by molar-refractivity contribution is 6.36. The number of anilines is 1. The number of imidazole rings is 1. The fraction of sp³-hybridized carbons (Fsp3) is 0.188. The summed E-state index contributed by atoms with van der Waals surface area (Å²) >= 11 is 12.1. The molecule has 26 heavy (non-hydrogen) atoms. The minimum atomic E-state index is -1.04. The van der Waals surface area contributed by atoms with Crippen LogP contribution in [0.1, 0.15) is 12.5 Å². The minimum Gasteiger partial charge on any atom is -0.452 e. The predicted octanol–water partition coefficient (Wildman–Crippen LogP) is 2.77. The Labute approximate surface area is 157 Å². The lowest BCUT2D eigenvalue weighted by atomic mass is 10.1. The Kier molecular flexibility index (Phi) is 5.34. The third-order valence-corrected chi connectivity index (χ3v) is 4.23. The van der Waals surface area contributed by atoms with Crippen LogP contribution in [0.25, 0.3) is 11.2 Å². The third-order valence-electron chi connectivity index (χ3n) is 3.52. The van der Waals surface area contributed by atoms with Crippen molar-refractivity contribution >= 4 is 52.1 Å². The molecule has 8 nitrogen and oxygen atoms in total. The molecular formula is C16H13Cl2N5O3. The van der Waals surface area contributed by atoms with Gasteiger partial charge in [0.15, 0.2) is 17.6 Å². The zero-order chi connectivity index (χ0) is 18.7. The fourth-order valence-electron chi connectivity index (χ4n) is 2.22. The molecule has 0 fully saturated rings. The highest BCUT2D eigenvalue weighted by Crippen LogP contribution is 2.25. The molecule has 0 bridgehead atoms. The molecule has 0 saturated heterocycles. The summed E-state index contributed by atoms with van der Waals surface area (Å²) in [6.45, 7) is 1.45. The normalized spacial score (nSPS) is 12.0. The van der Waals surface area contributed by atoms with E-state index < -0.39 is 18.0 Å². The van der Waals surface area contributed by atoms with Crippen LogP contribution >= 0.6 is 23.2 Å². The summed E-state index contributed by atoms with van der Waals surface area (Å²) < 4.78 is 5.15. The van der Waals surface area contributed by atoms with E-state index in [2.05, 4.69) is 25.3 Å². The number of aromatic amines is 1. The third kappa shape index (κ3) is 3.92. The highest BCUT2D eigenvalue weighted by atomic mass is 35.5. The molecule has 0 spiro atoms. The Hall–Kier alpha value is -2.71. The zero-order valence-electron chi connectivity index (χ0n) is 13.5. The quantitative estimate of drug-likeness (QED) is 0.644. The average molecular weight is 394 g/mol. The van der Waals surface area contributed by atoms with Crippen molar-refractivity contribution in [3.05, 3.63) is 46.5 Å². The standard InChI is InChI=1S/C16H13Cl2N5O3/c1-8(26-12(24)5-9-10(17)3-2-4-11(9)18)16(25)23-15-13-14(20-6-19-13)21-7-22-15/h2-4,6-8H,5H2,1H3,(H2,19,20,21,22,23,25). The average Bonchev–Trinajstić information content (AvgIpc) is 3.08. The summed E-state index contributed by atoms with van der Waals surface area (Å²) in [6.07, 6.45) is 1.52. The number of fused-ring (bicyclic) bond motifs is 1. The summed E-state index contributed by atoms with van der Waals surface area (Å²) in [6, 6.07) is 4.92. The number of esters is 1. The first-order chi connectivity index (χ1) is 12.5. The summed E-state index contributed by atoms with van der Waals surface area (Å²) in [7, 11) is 0. The van der Waals surface area contributed by atoms with Gasteiger partial charge in [-0.25, -0.2) is 15.0 Å². The number of ether oxygens (including phenoxy) is 1. The number of aromatic nitrogens is 4. The van der Waals surface area contributed by atoms with Gasteiger partial charge in [-0.1, -0.05) is 29.3 Å². The van der Waals surface area contributed by atoms with E-state index in [1.54, 1.807) is 18.2 Å². The van der Waals surface area contributed by atoms with Crippen LogP contribution in [0.3, 0.4) is 0 Å². The van der Waals surface area contributed by atoms with E-state index in [0.29, 0.717) is 26.8 Å². The van der Waals surface area contributed by atoms with E-state index in [9.17, 15) is 9.59 Å². The first-order valence-corrected chi connectivity index (χ1v) is 8.28. The van der Waals surface area contributed by atoms with Gasteiger partial charge in [-0.05, 0) is 19.1 Å². The second-order valence-corrected chi connectivity index (χ2v) is 6.14. The molecular weight excluding hydrogens is 381 g/mol. The number of carbonyl (C=O) groups is 2. The molecule has 0 radical (unpaired) electrons. The Bertz CT molecular complexity index is 955. The molecule has 0 aliphatic carbocycles. The van der Waals surface area contributed by atoms with Crippen molar-refractivity contribution < 1.29 is 14.3 Å². The van der Waals surface area contributed by atoms with Gasteiger partial charge in [0, 0.05) is 15.6 Å². The molecule has 0 aliphatic rings. The largest absolute Gasteiger partial charge is 0.452 e. The van der Waals surface area contributed by atoms with Crippen molar-refractivity contribution in [3.8, 4) is 0 Å². The Morgan fingerprint density at radius 2 is 1.96 bits per heavy atom. The number of nitrogens with one attached hydrogen (secondary N) is 2. The van der Waals surface area contributed by atoms with Gasteiger partial charge >= 0.3 is 5.97 Å². The van der Waals surface area contributed by atoms with Crippen LogP contribution in [0.4, 0.5) is 5.82 Å². The Balaban J connectivity index is 1.64. The molecule has 10 heteroatoms. The monoisotopic (exact) mass is 393 g/mol. The summed E-state index contributed by atoms with van der Waals surface area (Å²) in [4.78, 5) is 39.1. The first-order valence-electron chi connectivity index (χ1n) is 7.53. The second-order valence-electron chi connectivity index (χ2n) is 5.32. The van der Waals surface area contributed by atoms with Gasteiger partial charge < -0.3 is 15.0 Å². The van der Waals surface area contributed by atoms with Crippen LogP contribution in [0.2, 0.25) is 10.0 Å². The van der Waals surface area contributed by atoms with E-state index in [-0.39, 0.29) is 12.2 Å². The van der Waals surface area contributed by atoms with Crippen molar-refractivity contribution in [2.75, 3.05) is 5.32 Å². The van der Waals surface area contributed by atoms with Crippen LogP contribution in [0, 0.1) is 0 Å². The number of hydrogen-bond acceptors (Lipinski definition) is 6. The topological polar surface area (TPSA) is 110 Å². The lowest BCUT2D eigenvalue weighted by molar-refractivity contribution is -0.152. The van der Waals surface area contributed by atoms with Crippen LogP contribution in [0.15, 0.2) is 30.9 Å². The zero-order valence-corrected chi connectivity index (χ0v) is 15.0. The van der Waals surface area contributed by atoms with Crippen LogP contribution < -0.4 is 5.32 Å². The summed E-state index contributed by atoms with van der Waals surface area (Å²) in [5.74, 6) is -0.926. The fourth-order valence-corrected chi connectivity index (χ4v) is 2.75. The highest BCUT2D eigenvalue weighted by Gasteiger charge is 2.21. The molecule has 1 unspecified atom stereocenters. The molecule has 1 amide bonds. The predicted molar refractivity (Wildman–Crippen MR) is 96.0 cm³/mol. The molecule has 3 rings (SSSR count). The number of amides is 1. The molecule has 0 aliphatic heterocycles. The maximum atomic E-state index is 12.3. The van der Waals surface area contributed by atoms with E-state index in [0.717, 1.165) is 0 Å². The lowest BCUT2D eigenvalue weighted by Gasteiger charge is -2.14. The maximum absolute atomic E-state index is 12.3. The van der Waals surface area contributed by atoms with Crippen LogP contribution in [-0.2, 0) is 20.7 Å². The molecule has 1 atom stereocenters. The van der Waals surface area contributed by atoms with Gasteiger partial charge in [0.25, 0.3) is 5.91 Å². The molecule has 134 valence electrons. The minimum absolute atomic E-state index is 0.144. The Morgan fingerprint density at radius 1 is 1.23 bits per heavy atom. The van der Waals surface area contributed by atoms with Crippen LogP contribution in [0.5, 0.6) is 0 Å². The number of H-pyrrole nitrogens is 1. The van der Waals surface area contributed by atoms with Crippen molar-refractivity contribution in [3.63, 3.8) is 0 Å². The summed E-state index contributed by atoms with van der Waals surface area (Å²) in [5, 5.41) is 3.28. The van der Waals surface area contributed by atoms with E-state index in [4.69, 9.17) is 27.9 Å². The van der Waals surface area contributed by atoms with Crippen molar-refractivity contribution in [1.29, 1.82) is 0 Å².